The Morgan fingerprint density at radius 1 is 0.750 bits per heavy atom. The van der Waals surface area contributed by atoms with Crippen LogP contribution in [0.2, 0.25) is 0 Å². The summed E-state index contributed by atoms with van der Waals surface area (Å²) in [5, 5.41) is 0. The van der Waals surface area contributed by atoms with Crippen molar-refractivity contribution in [3.63, 3.8) is 0 Å². The summed E-state index contributed by atoms with van der Waals surface area (Å²) in [6, 6.07) is 0. The molecule has 1 heterocycles. The van der Waals surface area contributed by atoms with Gasteiger partial charge in [0.15, 0.2) is 0 Å². The van der Waals surface area contributed by atoms with Crippen LogP contribution in [0.4, 0.5) is 0 Å². The molecule has 0 N–H and O–H groups in total. The lowest BCUT2D eigenvalue weighted by atomic mass is 10.1. The van der Waals surface area contributed by atoms with E-state index in [-0.39, 0.29) is 0 Å². The van der Waals surface area contributed by atoms with Gasteiger partial charge in [0.25, 0.3) is 0 Å². The molecule has 1 aliphatic rings. The Balaban J connectivity index is 2.17. The van der Waals surface area contributed by atoms with Crippen LogP contribution in [0.15, 0.2) is 0 Å². The number of hydrogen-bond acceptors (Lipinski definition) is 3. The van der Waals surface area contributed by atoms with Crippen LogP contribution in [0.25, 0.3) is 0 Å². The van der Waals surface area contributed by atoms with Crippen LogP contribution < -0.4 is 0 Å². The highest BCUT2D eigenvalue weighted by molar-refractivity contribution is 7.33. The van der Waals surface area contributed by atoms with Gasteiger partial charge in [-0.1, -0.05) is 25.7 Å². The van der Waals surface area contributed by atoms with Gasteiger partial charge in [-0.3, -0.25) is 0 Å². The first kappa shape index (κ1) is 10.1. The van der Waals surface area contributed by atoms with Crippen molar-refractivity contribution in [3.05, 3.63) is 0 Å². The van der Waals surface area contributed by atoms with Crippen molar-refractivity contribution in [1.29, 1.82) is 0 Å². The molecular formula is C8H16O3P+. The second kappa shape index (κ2) is 6.53. The first-order chi connectivity index (χ1) is 5.89. The molecule has 70 valence electrons. The third-order valence-corrected chi connectivity index (χ3v) is 2.72. The van der Waals surface area contributed by atoms with E-state index in [2.05, 4.69) is 0 Å². The Morgan fingerprint density at radius 3 is 1.67 bits per heavy atom. The summed E-state index contributed by atoms with van der Waals surface area (Å²) in [7, 11) is -1.83. The summed E-state index contributed by atoms with van der Waals surface area (Å²) in [6.45, 7) is 1.16. The Bertz CT molecular complexity index is 124. The van der Waals surface area contributed by atoms with Gasteiger partial charge < -0.3 is 0 Å². The molecule has 12 heavy (non-hydrogen) atoms. The molecule has 1 fully saturated rings. The van der Waals surface area contributed by atoms with E-state index >= 15 is 0 Å². The van der Waals surface area contributed by atoms with E-state index in [0.717, 1.165) is 12.8 Å². The highest BCUT2D eigenvalue weighted by Gasteiger charge is 2.19. The molecule has 0 atom stereocenters. The average Bonchev–Trinajstić information content (AvgIpc) is 2.11. The molecule has 0 aliphatic carbocycles. The average molecular weight is 191 g/mol. The first-order valence-corrected chi connectivity index (χ1v) is 5.72. The first-order valence-electron chi connectivity index (χ1n) is 4.63. The minimum Gasteiger partial charge on any atom is -0.119 e. The smallest absolute Gasteiger partial charge is 0.119 e. The van der Waals surface area contributed by atoms with E-state index in [0.29, 0.717) is 13.2 Å². The molecule has 1 aliphatic heterocycles. The fraction of sp³-hybridized carbons (Fsp3) is 1.00. The van der Waals surface area contributed by atoms with E-state index in [1.54, 1.807) is 0 Å². The summed E-state index contributed by atoms with van der Waals surface area (Å²) >= 11 is 0. The van der Waals surface area contributed by atoms with Crippen LogP contribution in [0.1, 0.15) is 38.5 Å². The number of rotatable bonds is 0. The van der Waals surface area contributed by atoms with Gasteiger partial charge in [-0.2, -0.15) is 0 Å². The molecule has 0 aromatic rings. The summed E-state index contributed by atoms with van der Waals surface area (Å²) in [4.78, 5) is 0. The molecule has 0 aromatic heterocycles. The van der Waals surface area contributed by atoms with Crippen LogP contribution in [0, 0.1) is 0 Å². The van der Waals surface area contributed by atoms with Gasteiger partial charge in [0.05, 0.1) is 0 Å². The monoisotopic (exact) mass is 191 g/mol. The normalized spacial score (nSPS) is 23.2. The van der Waals surface area contributed by atoms with Crippen LogP contribution in [0.3, 0.4) is 0 Å². The highest BCUT2D eigenvalue weighted by Crippen LogP contribution is 2.25. The van der Waals surface area contributed by atoms with Gasteiger partial charge in [-0.05, 0) is 12.8 Å². The van der Waals surface area contributed by atoms with E-state index in [1.165, 1.54) is 25.7 Å². The summed E-state index contributed by atoms with van der Waals surface area (Å²) in [6.07, 6.45) is 6.90. The topological polar surface area (TPSA) is 35.5 Å². The summed E-state index contributed by atoms with van der Waals surface area (Å²) in [5.41, 5.74) is 0. The molecule has 3 nitrogen and oxygen atoms in total. The van der Waals surface area contributed by atoms with Crippen molar-refractivity contribution in [3.8, 4) is 0 Å². The molecule has 0 spiro atoms. The second-order valence-corrected chi connectivity index (χ2v) is 3.97. The minimum atomic E-state index is -1.83. The van der Waals surface area contributed by atoms with Crippen molar-refractivity contribution in [2.24, 2.45) is 0 Å². The molecule has 0 amide bonds. The van der Waals surface area contributed by atoms with Crippen LogP contribution in [-0.4, -0.2) is 13.2 Å². The van der Waals surface area contributed by atoms with E-state index < -0.39 is 8.25 Å². The SMILES string of the molecule is O=[P+]1OCCCCCCCCO1. The fourth-order valence-electron chi connectivity index (χ4n) is 1.23. The lowest BCUT2D eigenvalue weighted by Gasteiger charge is -1.95. The molecule has 1 saturated heterocycles. The minimum absolute atomic E-state index is 0.579. The summed E-state index contributed by atoms with van der Waals surface area (Å²) in [5.74, 6) is 0. The predicted octanol–water partition coefficient (Wildman–Crippen LogP) is 3.03. The van der Waals surface area contributed by atoms with Crippen LogP contribution in [0.5, 0.6) is 0 Å². The zero-order valence-corrected chi connectivity index (χ0v) is 8.22. The molecule has 0 radical (unpaired) electrons. The maximum Gasteiger partial charge on any atom is 0.697 e. The Kier molecular flexibility index (Phi) is 5.50. The van der Waals surface area contributed by atoms with Gasteiger partial charge >= 0.3 is 8.25 Å². The van der Waals surface area contributed by atoms with E-state index in [1.807, 2.05) is 0 Å². The molecule has 0 saturated carbocycles. The van der Waals surface area contributed by atoms with Gasteiger partial charge in [-0.25, -0.2) is 0 Å². The quantitative estimate of drug-likeness (QED) is 0.552. The predicted molar refractivity (Wildman–Crippen MR) is 47.2 cm³/mol. The largest absolute Gasteiger partial charge is 0.697 e. The van der Waals surface area contributed by atoms with Crippen molar-refractivity contribution in [1.82, 2.24) is 0 Å². The Morgan fingerprint density at radius 2 is 1.17 bits per heavy atom. The van der Waals surface area contributed by atoms with Crippen LogP contribution in [-0.2, 0) is 13.6 Å². The van der Waals surface area contributed by atoms with Gasteiger partial charge in [0, 0.05) is 4.57 Å². The highest BCUT2D eigenvalue weighted by atomic mass is 31.1. The fourth-order valence-corrected chi connectivity index (χ4v) is 1.86. The van der Waals surface area contributed by atoms with Gasteiger partial charge in [-0.15, -0.1) is 9.05 Å². The van der Waals surface area contributed by atoms with Gasteiger partial charge in [0.2, 0.25) is 0 Å². The lowest BCUT2D eigenvalue weighted by Crippen LogP contribution is -1.89. The van der Waals surface area contributed by atoms with Crippen molar-refractivity contribution in [2.45, 2.75) is 38.5 Å². The molecule has 4 heteroatoms. The molecule has 0 bridgehead atoms. The van der Waals surface area contributed by atoms with Crippen molar-refractivity contribution < 1.29 is 13.6 Å². The number of hydrogen-bond donors (Lipinski definition) is 0. The van der Waals surface area contributed by atoms with E-state index in [9.17, 15) is 4.57 Å². The maximum atomic E-state index is 10.9. The Labute approximate surface area is 74.4 Å². The van der Waals surface area contributed by atoms with E-state index in [4.69, 9.17) is 9.05 Å². The lowest BCUT2D eigenvalue weighted by molar-refractivity contribution is 0.223. The third kappa shape index (κ3) is 4.81. The zero-order valence-electron chi connectivity index (χ0n) is 7.33. The Hall–Kier alpha value is 0.0200. The molecule has 0 aromatic carbocycles. The van der Waals surface area contributed by atoms with Gasteiger partial charge in [0.1, 0.15) is 13.2 Å². The third-order valence-electron chi connectivity index (χ3n) is 1.93. The van der Waals surface area contributed by atoms with Crippen LogP contribution >= 0.6 is 8.25 Å². The van der Waals surface area contributed by atoms with Crippen molar-refractivity contribution >= 4 is 8.25 Å². The molecule has 0 unspecified atom stereocenters. The second-order valence-electron chi connectivity index (χ2n) is 3.01. The maximum absolute atomic E-state index is 10.9. The standard InChI is InChI=1S/C8H16O3P/c9-12-10-7-5-3-1-2-4-6-8-11-12/h1-8H2/q+1. The summed E-state index contributed by atoms with van der Waals surface area (Å²) < 4.78 is 20.8. The molecule has 1 rings (SSSR count). The van der Waals surface area contributed by atoms with Crippen molar-refractivity contribution in [2.75, 3.05) is 13.2 Å². The molecular weight excluding hydrogens is 175 g/mol. The zero-order chi connectivity index (χ0) is 8.65.